The van der Waals surface area contributed by atoms with Crippen LogP contribution in [0.5, 0.6) is 0 Å². The van der Waals surface area contributed by atoms with Crippen LogP contribution in [0.1, 0.15) is 25.0 Å². The number of rotatable bonds is 6. The first-order valence-electron chi connectivity index (χ1n) is 6.89. The third-order valence-corrected chi connectivity index (χ3v) is 3.26. The second-order valence-electron chi connectivity index (χ2n) is 4.79. The number of carbonyl (C=O) groups is 2. The SMILES string of the molecule is CO/C=C(/C(=O)OC)c1ccccc1/C=C(\Br)C(=O)OC(C)C. The molecule has 0 aliphatic rings. The highest BCUT2D eigenvalue weighted by Crippen LogP contribution is 2.24. The van der Waals surface area contributed by atoms with Crippen LogP contribution in [-0.2, 0) is 23.8 Å². The topological polar surface area (TPSA) is 61.8 Å². The van der Waals surface area contributed by atoms with E-state index in [1.807, 2.05) is 0 Å². The molecule has 0 aliphatic heterocycles. The van der Waals surface area contributed by atoms with E-state index in [1.54, 1.807) is 44.2 Å². The summed E-state index contributed by atoms with van der Waals surface area (Å²) in [5.41, 5.74) is 1.48. The maximum atomic E-state index is 11.9. The molecular weight excluding hydrogens is 364 g/mol. The lowest BCUT2D eigenvalue weighted by Gasteiger charge is -2.10. The molecule has 1 aromatic rings. The average Bonchev–Trinajstić information content (AvgIpc) is 2.52. The van der Waals surface area contributed by atoms with E-state index in [9.17, 15) is 9.59 Å². The van der Waals surface area contributed by atoms with Crippen LogP contribution in [0.4, 0.5) is 0 Å². The first kappa shape index (κ1) is 19.0. The van der Waals surface area contributed by atoms with Gasteiger partial charge < -0.3 is 14.2 Å². The Bertz CT molecular complexity index is 632. The largest absolute Gasteiger partial charge is 0.503 e. The minimum atomic E-state index is -0.534. The molecule has 6 heteroatoms. The lowest BCUT2D eigenvalue weighted by Crippen LogP contribution is -2.11. The van der Waals surface area contributed by atoms with Crippen LogP contribution >= 0.6 is 15.9 Å². The van der Waals surface area contributed by atoms with Crippen LogP contribution in [0.15, 0.2) is 35.0 Å². The van der Waals surface area contributed by atoms with Crippen LogP contribution in [-0.4, -0.2) is 32.3 Å². The molecule has 1 rings (SSSR count). The summed E-state index contributed by atoms with van der Waals surface area (Å²) in [7, 11) is 2.73. The molecule has 0 aliphatic carbocycles. The minimum absolute atomic E-state index is 0.224. The van der Waals surface area contributed by atoms with Crippen molar-refractivity contribution >= 4 is 39.5 Å². The molecule has 0 heterocycles. The minimum Gasteiger partial charge on any atom is -0.503 e. The van der Waals surface area contributed by atoms with Crippen molar-refractivity contribution in [2.24, 2.45) is 0 Å². The highest BCUT2D eigenvalue weighted by molar-refractivity contribution is 9.12. The summed E-state index contributed by atoms with van der Waals surface area (Å²) in [6.07, 6.45) is 2.67. The van der Waals surface area contributed by atoms with Crippen LogP contribution in [0.2, 0.25) is 0 Å². The fraction of sp³-hybridized carbons (Fsp3) is 0.294. The molecule has 0 spiro atoms. The van der Waals surface area contributed by atoms with Gasteiger partial charge >= 0.3 is 11.9 Å². The fourth-order valence-electron chi connectivity index (χ4n) is 1.78. The van der Waals surface area contributed by atoms with Crippen LogP contribution < -0.4 is 0 Å². The van der Waals surface area contributed by atoms with E-state index in [0.29, 0.717) is 11.1 Å². The van der Waals surface area contributed by atoms with E-state index in [-0.39, 0.29) is 16.2 Å². The molecule has 0 unspecified atom stereocenters. The van der Waals surface area contributed by atoms with Gasteiger partial charge in [0.1, 0.15) is 10.1 Å². The van der Waals surface area contributed by atoms with E-state index in [2.05, 4.69) is 15.9 Å². The smallest absolute Gasteiger partial charge is 0.345 e. The Morgan fingerprint density at radius 1 is 1.13 bits per heavy atom. The molecule has 124 valence electrons. The molecule has 0 saturated heterocycles. The number of ether oxygens (including phenoxy) is 3. The van der Waals surface area contributed by atoms with Crippen molar-refractivity contribution in [2.75, 3.05) is 14.2 Å². The van der Waals surface area contributed by atoms with Gasteiger partial charge in [-0.05, 0) is 47.0 Å². The van der Waals surface area contributed by atoms with Crippen molar-refractivity contribution < 1.29 is 23.8 Å². The van der Waals surface area contributed by atoms with Crippen molar-refractivity contribution in [3.63, 3.8) is 0 Å². The summed E-state index contributed by atoms with van der Waals surface area (Å²) in [6, 6.07) is 7.08. The number of hydrogen-bond donors (Lipinski definition) is 0. The van der Waals surface area contributed by atoms with Crippen LogP contribution in [0.3, 0.4) is 0 Å². The third kappa shape index (κ3) is 5.56. The van der Waals surface area contributed by atoms with E-state index in [0.717, 1.165) is 0 Å². The number of hydrogen-bond acceptors (Lipinski definition) is 5. The molecule has 0 fully saturated rings. The summed E-state index contributed by atoms with van der Waals surface area (Å²) < 4.78 is 15.1. The van der Waals surface area contributed by atoms with Gasteiger partial charge in [-0.1, -0.05) is 24.3 Å². The Kier molecular flexibility index (Phi) is 7.54. The monoisotopic (exact) mass is 382 g/mol. The number of methoxy groups -OCH3 is 2. The first-order chi connectivity index (χ1) is 10.9. The molecule has 0 N–H and O–H groups in total. The maximum Gasteiger partial charge on any atom is 0.345 e. The van der Waals surface area contributed by atoms with Gasteiger partial charge in [0.25, 0.3) is 0 Å². The van der Waals surface area contributed by atoms with E-state index in [4.69, 9.17) is 14.2 Å². The second kappa shape index (κ2) is 9.15. The lowest BCUT2D eigenvalue weighted by molar-refractivity contribution is -0.141. The Labute approximate surface area is 144 Å². The quantitative estimate of drug-likeness (QED) is 0.427. The maximum absolute atomic E-state index is 11.9. The molecule has 0 atom stereocenters. The molecule has 0 saturated carbocycles. The van der Waals surface area contributed by atoms with Gasteiger partial charge in [0.15, 0.2) is 0 Å². The van der Waals surface area contributed by atoms with Gasteiger partial charge in [0.05, 0.1) is 26.6 Å². The van der Waals surface area contributed by atoms with Crippen LogP contribution in [0, 0.1) is 0 Å². The Morgan fingerprint density at radius 3 is 2.35 bits per heavy atom. The Morgan fingerprint density at radius 2 is 1.78 bits per heavy atom. The van der Waals surface area contributed by atoms with Gasteiger partial charge in [0, 0.05) is 0 Å². The van der Waals surface area contributed by atoms with Gasteiger partial charge in [-0.3, -0.25) is 0 Å². The van der Waals surface area contributed by atoms with E-state index < -0.39 is 11.9 Å². The highest BCUT2D eigenvalue weighted by Gasteiger charge is 2.17. The number of esters is 2. The van der Waals surface area contributed by atoms with Crippen molar-refractivity contribution in [3.8, 4) is 0 Å². The second-order valence-corrected chi connectivity index (χ2v) is 5.65. The third-order valence-electron chi connectivity index (χ3n) is 2.71. The average molecular weight is 383 g/mol. The zero-order chi connectivity index (χ0) is 17.4. The Balaban J connectivity index is 3.27. The van der Waals surface area contributed by atoms with Gasteiger partial charge in [0.2, 0.25) is 0 Å². The van der Waals surface area contributed by atoms with Gasteiger partial charge in [-0.15, -0.1) is 0 Å². The Hall–Kier alpha value is -2.08. The highest BCUT2D eigenvalue weighted by atomic mass is 79.9. The molecule has 23 heavy (non-hydrogen) atoms. The summed E-state index contributed by atoms with van der Waals surface area (Å²) in [6.45, 7) is 3.53. The normalized spacial score (nSPS) is 12.1. The molecule has 0 bridgehead atoms. The predicted molar refractivity (Wildman–Crippen MR) is 91.6 cm³/mol. The molecule has 0 amide bonds. The fourth-order valence-corrected chi connectivity index (χ4v) is 2.12. The van der Waals surface area contributed by atoms with Crippen molar-refractivity contribution in [1.29, 1.82) is 0 Å². The molecule has 0 aromatic heterocycles. The summed E-state index contributed by atoms with van der Waals surface area (Å²) in [5.74, 6) is -1.02. The van der Waals surface area contributed by atoms with Crippen molar-refractivity contribution in [3.05, 3.63) is 46.1 Å². The number of benzene rings is 1. The standard InChI is InChI=1S/C17H19BrO5/c1-11(2)23-17(20)15(18)9-12-7-5-6-8-13(12)14(10-21-3)16(19)22-4/h5-11H,1-4H3/b14-10+,15-9-. The van der Waals surface area contributed by atoms with Gasteiger partial charge in [-0.2, -0.15) is 0 Å². The molecule has 1 aromatic carbocycles. The number of halogens is 1. The number of carbonyl (C=O) groups excluding carboxylic acids is 2. The lowest BCUT2D eigenvalue weighted by atomic mass is 10.00. The zero-order valence-electron chi connectivity index (χ0n) is 13.5. The first-order valence-corrected chi connectivity index (χ1v) is 7.68. The zero-order valence-corrected chi connectivity index (χ0v) is 15.0. The van der Waals surface area contributed by atoms with Crippen molar-refractivity contribution in [1.82, 2.24) is 0 Å². The molecule has 5 nitrogen and oxygen atoms in total. The van der Waals surface area contributed by atoms with Crippen molar-refractivity contribution in [2.45, 2.75) is 20.0 Å². The summed E-state index contributed by atoms with van der Waals surface area (Å²) >= 11 is 3.20. The van der Waals surface area contributed by atoms with Gasteiger partial charge in [-0.25, -0.2) is 9.59 Å². The molecular formula is C17H19BrO5. The molecule has 0 radical (unpaired) electrons. The van der Waals surface area contributed by atoms with E-state index >= 15 is 0 Å². The summed E-state index contributed by atoms with van der Waals surface area (Å²) in [5, 5.41) is 0. The summed E-state index contributed by atoms with van der Waals surface area (Å²) in [4.78, 5) is 23.8. The van der Waals surface area contributed by atoms with Crippen LogP contribution in [0.25, 0.3) is 11.6 Å². The predicted octanol–water partition coefficient (Wildman–Crippen LogP) is 3.53. The van der Waals surface area contributed by atoms with E-state index in [1.165, 1.54) is 20.5 Å².